The minimum Gasteiger partial charge on any atom is -0.462 e. The largest absolute Gasteiger partial charge is 0.472 e. The van der Waals surface area contributed by atoms with Gasteiger partial charge in [-0.05, 0) is 31.6 Å². The molecule has 0 radical (unpaired) electrons. The number of hydrogen-bond acceptors (Lipinski definition) is 15. The topological polar surface area (TPSA) is 237 Å². The number of esters is 4. The van der Waals surface area contributed by atoms with Crippen molar-refractivity contribution >= 4 is 39.5 Å². The maximum atomic E-state index is 13.1. The van der Waals surface area contributed by atoms with Crippen LogP contribution in [0.25, 0.3) is 0 Å². The van der Waals surface area contributed by atoms with Gasteiger partial charge in [-0.2, -0.15) is 0 Å². The highest BCUT2D eigenvalue weighted by atomic mass is 31.2. The molecule has 2 unspecified atom stereocenters. The van der Waals surface area contributed by atoms with Crippen LogP contribution in [0.5, 0.6) is 0 Å². The third-order valence-corrected chi connectivity index (χ3v) is 18.9. The van der Waals surface area contributed by atoms with Crippen molar-refractivity contribution in [3.05, 3.63) is 0 Å². The van der Waals surface area contributed by atoms with E-state index in [0.29, 0.717) is 31.6 Å². The molecule has 5 atom stereocenters. The predicted octanol–water partition coefficient (Wildman–Crippen LogP) is 21.3. The molecule has 0 saturated carbocycles. The zero-order valence-corrected chi connectivity index (χ0v) is 61.5. The van der Waals surface area contributed by atoms with Gasteiger partial charge in [0.15, 0.2) is 12.2 Å². The van der Waals surface area contributed by atoms with Crippen molar-refractivity contribution in [3.8, 4) is 0 Å². The number of phosphoric acid groups is 2. The lowest BCUT2D eigenvalue weighted by Gasteiger charge is -2.21. The van der Waals surface area contributed by atoms with Crippen LogP contribution in [0.2, 0.25) is 0 Å². The highest BCUT2D eigenvalue weighted by Gasteiger charge is 2.30. The molecule has 3 N–H and O–H groups in total. The summed E-state index contributed by atoms with van der Waals surface area (Å²) in [5, 5.41) is 10.6. The number of unbranched alkanes of at least 4 members (excludes halogenated alkanes) is 45. The van der Waals surface area contributed by atoms with E-state index < -0.39 is 97.5 Å². The van der Waals surface area contributed by atoms with Gasteiger partial charge < -0.3 is 33.8 Å². The van der Waals surface area contributed by atoms with Gasteiger partial charge in [0.25, 0.3) is 0 Å². The Morgan fingerprint density at radius 1 is 0.293 bits per heavy atom. The Balaban J connectivity index is 5.17. The van der Waals surface area contributed by atoms with Gasteiger partial charge in [0.05, 0.1) is 26.4 Å². The highest BCUT2D eigenvalue weighted by molar-refractivity contribution is 7.47. The van der Waals surface area contributed by atoms with Crippen molar-refractivity contribution in [3.63, 3.8) is 0 Å². The minimum atomic E-state index is -4.95. The first-order valence-corrected chi connectivity index (χ1v) is 41.1. The zero-order valence-electron chi connectivity index (χ0n) is 59.7. The van der Waals surface area contributed by atoms with E-state index in [9.17, 15) is 43.2 Å². The first-order chi connectivity index (χ1) is 44.5. The lowest BCUT2D eigenvalue weighted by atomic mass is 10.0. The van der Waals surface area contributed by atoms with Crippen molar-refractivity contribution in [1.82, 2.24) is 0 Å². The standard InChI is InChI=1S/C73H142O17P2/c1-6-9-12-15-18-20-22-24-26-28-29-30-32-34-36-38-43-48-53-58-72(77)89-69(63-84-71(76)57-52-47-42-37-35-33-31-27-25-23-21-19-16-13-10-7-2)65-88-92(81,82)86-61-67(74)60-85-91(79,80)87-64-68(62-83-70(75)56-51-46-40-17-14-11-8-3)90-73(78)59-54-49-44-39-41-45-50-55-66(4)5/h66-69,74H,6-65H2,1-5H3,(H,79,80)(H,81,82)/t67-,68+,69+/m0/s1. The summed E-state index contributed by atoms with van der Waals surface area (Å²) in [6, 6.07) is 0. The summed E-state index contributed by atoms with van der Waals surface area (Å²) in [6.45, 7) is 7.16. The number of ether oxygens (including phenoxy) is 4. The molecule has 0 saturated heterocycles. The van der Waals surface area contributed by atoms with E-state index in [1.165, 1.54) is 193 Å². The zero-order chi connectivity index (χ0) is 67.7. The molecule has 92 heavy (non-hydrogen) atoms. The van der Waals surface area contributed by atoms with Crippen molar-refractivity contribution in [2.45, 2.75) is 400 Å². The Hall–Kier alpha value is -1.94. The molecule has 0 aromatic rings. The van der Waals surface area contributed by atoms with Crippen molar-refractivity contribution in [2.24, 2.45) is 5.92 Å². The third kappa shape index (κ3) is 66.7. The number of carbonyl (C=O) groups excluding carboxylic acids is 4. The van der Waals surface area contributed by atoms with Crippen LogP contribution in [0.15, 0.2) is 0 Å². The average Bonchev–Trinajstić information content (AvgIpc) is 1.88. The summed E-state index contributed by atoms with van der Waals surface area (Å²) >= 11 is 0. The first kappa shape index (κ1) is 90.1. The van der Waals surface area contributed by atoms with Crippen LogP contribution in [0.3, 0.4) is 0 Å². The molecule has 0 bridgehead atoms. The second kappa shape index (κ2) is 66.3. The van der Waals surface area contributed by atoms with E-state index in [1.54, 1.807) is 0 Å². The number of carbonyl (C=O) groups is 4. The third-order valence-electron chi connectivity index (χ3n) is 17.0. The molecule has 17 nitrogen and oxygen atoms in total. The molecular weight excluding hydrogens is 1210 g/mol. The van der Waals surface area contributed by atoms with E-state index in [0.717, 1.165) is 103 Å². The van der Waals surface area contributed by atoms with E-state index in [1.807, 2.05) is 0 Å². The highest BCUT2D eigenvalue weighted by Crippen LogP contribution is 2.45. The maximum absolute atomic E-state index is 13.1. The van der Waals surface area contributed by atoms with Gasteiger partial charge >= 0.3 is 39.5 Å². The van der Waals surface area contributed by atoms with Gasteiger partial charge in [-0.25, -0.2) is 9.13 Å². The number of phosphoric ester groups is 2. The van der Waals surface area contributed by atoms with Gasteiger partial charge in [-0.1, -0.05) is 330 Å². The van der Waals surface area contributed by atoms with E-state index in [-0.39, 0.29) is 25.7 Å². The Morgan fingerprint density at radius 2 is 0.500 bits per heavy atom. The van der Waals surface area contributed by atoms with Crippen LogP contribution >= 0.6 is 15.6 Å². The van der Waals surface area contributed by atoms with Crippen molar-refractivity contribution in [1.29, 1.82) is 0 Å². The van der Waals surface area contributed by atoms with Gasteiger partial charge in [0.2, 0.25) is 0 Å². The summed E-state index contributed by atoms with van der Waals surface area (Å²) in [7, 11) is -9.90. The van der Waals surface area contributed by atoms with Crippen LogP contribution < -0.4 is 0 Å². The second-order valence-corrected chi connectivity index (χ2v) is 29.7. The minimum absolute atomic E-state index is 0.103. The number of aliphatic hydroxyl groups excluding tert-OH is 1. The summed E-state index contributed by atoms with van der Waals surface area (Å²) in [5.41, 5.74) is 0. The van der Waals surface area contributed by atoms with Crippen LogP contribution in [0, 0.1) is 5.92 Å². The molecule has 546 valence electrons. The van der Waals surface area contributed by atoms with Crippen LogP contribution in [-0.4, -0.2) is 96.7 Å². The van der Waals surface area contributed by atoms with Crippen LogP contribution in [0.1, 0.15) is 381 Å². The molecular formula is C73H142O17P2. The fourth-order valence-corrected chi connectivity index (χ4v) is 12.8. The maximum Gasteiger partial charge on any atom is 0.472 e. The lowest BCUT2D eigenvalue weighted by Crippen LogP contribution is -2.30. The van der Waals surface area contributed by atoms with Crippen LogP contribution in [0.4, 0.5) is 0 Å². The molecule has 0 aliphatic heterocycles. The Morgan fingerprint density at radius 3 is 0.739 bits per heavy atom. The SMILES string of the molecule is CCCCCCCCCCCCCCCCCCCCCC(=O)O[C@H](COC(=O)CCCCCCCCCCCCCCCCCC)COP(=O)(O)OC[C@@H](O)COP(=O)(O)OC[C@@H](COC(=O)CCCCCCCCC)OC(=O)CCCCCCCCCC(C)C. The van der Waals surface area contributed by atoms with Gasteiger partial charge in [0, 0.05) is 25.7 Å². The average molecular weight is 1350 g/mol. The molecule has 19 heteroatoms. The normalized spacial score (nSPS) is 14.0. The molecule has 0 heterocycles. The Kier molecular flexibility index (Phi) is 64.9. The molecule has 0 aromatic carbocycles. The number of rotatable bonds is 73. The molecule has 0 rings (SSSR count). The molecule has 0 fully saturated rings. The molecule has 0 spiro atoms. The van der Waals surface area contributed by atoms with E-state index in [2.05, 4.69) is 34.6 Å². The van der Waals surface area contributed by atoms with Gasteiger partial charge in [-0.3, -0.25) is 37.3 Å². The number of hydrogen-bond donors (Lipinski definition) is 3. The van der Waals surface area contributed by atoms with E-state index in [4.69, 9.17) is 37.0 Å². The fraction of sp³-hybridized carbons (Fsp3) is 0.945. The Bertz CT molecular complexity index is 1770. The van der Waals surface area contributed by atoms with Gasteiger partial charge in [0.1, 0.15) is 19.3 Å². The quantitative estimate of drug-likeness (QED) is 0.0222. The summed E-state index contributed by atoms with van der Waals surface area (Å²) in [4.78, 5) is 72.5. The lowest BCUT2D eigenvalue weighted by molar-refractivity contribution is -0.161. The second-order valence-electron chi connectivity index (χ2n) is 26.8. The van der Waals surface area contributed by atoms with Crippen LogP contribution in [-0.2, 0) is 65.4 Å². The van der Waals surface area contributed by atoms with Crippen molar-refractivity contribution < 1.29 is 80.2 Å². The number of aliphatic hydroxyl groups is 1. The molecule has 0 amide bonds. The molecule has 0 aromatic heterocycles. The summed E-state index contributed by atoms with van der Waals surface area (Å²) in [6.07, 6.45) is 54.4. The van der Waals surface area contributed by atoms with Crippen molar-refractivity contribution in [2.75, 3.05) is 39.6 Å². The van der Waals surface area contributed by atoms with Gasteiger partial charge in [-0.15, -0.1) is 0 Å². The van der Waals surface area contributed by atoms with E-state index >= 15 is 0 Å². The summed E-state index contributed by atoms with van der Waals surface area (Å²) < 4.78 is 68.3. The Labute approximate surface area is 562 Å². The predicted molar refractivity (Wildman–Crippen MR) is 372 cm³/mol. The molecule has 0 aliphatic rings. The summed E-state index contributed by atoms with van der Waals surface area (Å²) in [5.74, 6) is -1.43. The first-order valence-electron chi connectivity index (χ1n) is 38.1. The molecule has 0 aliphatic carbocycles. The smallest absolute Gasteiger partial charge is 0.462 e. The monoisotopic (exact) mass is 1350 g/mol. The fourth-order valence-electron chi connectivity index (χ4n) is 11.2.